The minimum Gasteiger partial charge on any atom is -0.496 e. The Balaban J connectivity index is 1.53. The number of fused-ring (bicyclic) bond motifs is 1. The largest absolute Gasteiger partial charge is 0.496 e. The summed E-state index contributed by atoms with van der Waals surface area (Å²) in [6.45, 7) is 2.03. The van der Waals surface area contributed by atoms with Crippen LogP contribution in [-0.4, -0.2) is 34.2 Å². The summed E-state index contributed by atoms with van der Waals surface area (Å²) in [4.78, 5) is 29.0. The van der Waals surface area contributed by atoms with Crippen LogP contribution in [0.3, 0.4) is 0 Å². The molecular weight excluding hydrogens is 459 g/mol. The van der Waals surface area contributed by atoms with E-state index in [4.69, 9.17) is 4.74 Å². The number of aromatic nitrogens is 2. The quantitative estimate of drug-likeness (QED) is 0.439. The predicted octanol–water partition coefficient (Wildman–Crippen LogP) is 4.43. The Hall–Kier alpha value is -4.46. The van der Waals surface area contributed by atoms with Crippen LogP contribution in [0.1, 0.15) is 23.0 Å². The molecule has 0 saturated heterocycles. The number of hydrogen-bond acceptors (Lipinski definition) is 4. The molecule has 0 bridgehead atoms. The number of halogens is 1. The van der Waals surface area contributed by atoms with Crippen molar-refractivity contribution in [3.05, 3.63) is 102 Å². The van der Waals surface area contributed by atoms with Crippen LogP contribution in [-0.2, 0) is 17.9 Å². The van der Waals surface area contributed by atoms with Gasteiger partial charge in [0.15, 0.2) is 0 Å². The topological polar surface area (TPSA) is 76.5 Å². The average molecular weight is 485 g/mol. The zero-order chi connectivity index (χ0) is 25.3. The van der Waals surface area contributed by atoms with Crippen LogP contribution in [0, 0.1) is 5.82 Å². The highest BCUT2D eigenvalue weighted by molar-refractivity contribution is 6.12. The molecule has 0 saturated carbocycles. The molecule has 2 amide bonds. The van der Waals surface area contributed by atoms with E-state index in [0.717, 1.165) is 11.1 Å². The lowest BCUT2D eigenvalue weighted by Crippen LogP contribution is -2.64. The number of para-hydroxylation sites is 1. The summed E-state index contributed by atoms with van der Waals surface area (Å²) in [5.41, 5.74) is 1.75. The summed E-state index contributed by atoms with van der Waals surface area (Å²) >= 11 is 0. The lowest BCUT2D eigenvalue weighted by molar-refractivity contribution is -0.126. The summed E-state index contributed by atoms with van der Waals surface area (Å²) < 4.78 is 20.7. The molecule has 1 unspecified atom stereocenters. The van der Waals surface area contributed by atoms with E-state index in [0.29, 0.717) is 22.8 Å². The summed E-state index contributed by atoms with van der Waals surface area (Å²) in [5.74, 6) is -0.534. The number of nitrogens with one attached hydrogen (secondary N) is 1. The fourth-order valence-electron chi connectivity index (χ4n) is 4.54. The van der Waals surface area contributed by atoms with Gasteiger partial charge in [0.1, 0.15) is 22.8 Å². The first-order valence-electron chi connectivity index (χ1n) is 11.5. The van der Waals surface area contributed by atoms with E-state index in [9.17, 15) is 14.0 Å². The highest BCUT2D eigenvalue weighted by Gasteiger charge is 2.48. The van der Waals surface area contributed by atoms with Gasteiger partial charge in [0.25, 0.3) is 5.91 Å². The minimum atomic E-state index is -1.33. The number of amides is 2. The number of rotatable bonds is 6. The first-order valence-corrected chi connectivity index (χ1v) is 11.5. The molecule has 1 aliphatic rings. The van der Waals surface area contributed by atoms with Gasteiger partial charge < -0.3 is 10.1 Å². The SMILES string of the molecule is COc1ccccc1CNC(=O)C1(C)Cn2nc(-c3ccccc3)cc2C(=O)N1c1ccc(F)cc1. The Morgan fingerprint density at radius 1 is 1.06 bits per heavy atom. The number of nitrogens with zero attached hydrogens (tertiary/aromatic N) is 3. The van der Waals surface area contributed by atoms with Gasteiger partial charge in [0.05, 0.1) is 19.3 Å². The first kappa shape index (κ1) is 23.3. The molecular formula is C28H25FN4O3. The van der Waals surface area contributed by atoms with Crippen LogP contribution in [0.15, 0.2) is 84.9 Å². The van der Waals surface area contributed by atoms with Crippen molar-refractivity contribution in [3.63, 3.8) is 0 Å². The Bertz CT molecular complexity index is 1420. The van der Waals surface area contributed by atoms with Crippen LogP contribution in [0.25, 0.3) is 11.3 Å². The molecule has 1 aromatic heterocycles. The van der Waals surface area contributed by atoms with Crippen molar-refractivity contribution in [2.45, 2.75) is 25.6 Å². The van der Waals surface area contributed by atoms with Gasteiger partial charge in [-0.2, -0.15) is 5.10 Å². The number of ether oxygens (including phenoxy) is 1. The van der Waals surface area contributed by atoms with E-state index in [-0.39, 0.29) is 19.0 Å². The smallest absolute Gasteiger partial charge is 0.277 e. The second-order valence-electron chi connectivity index (χ2n) is 8.82. The first-order chi connectivity index (χ1) is 17.4. The van der Waals surface area contributed by atoms with E-state index in [1.807, 2.05) is 54.6 Å². The molecule has 2 heterocycles. The second kappa shape index (κ2) is 9.30. The maximum absolute atomic E-state index is 13.8. The van der Waals surface area contributed by atoms with Gasteiger partial charge in [-0.1, -0.05) is 48.5 Å². The van der Waals surface area contributed by atoms with Gasteiger partial charge in [-0.15, -0.1) is 0 Å². The van der Waals surface area contributed by atoms with E-state index >= 15 is 0 Å². The number of anilines is 1. The molecule has 36 heavy (non-hydrogen) atoms. The van der Waals surface area contributed by atoms with Crippen molar-refractivity contribution in [1.29, 1.82) is 0 Å². The Kier molecular flexibility index (Phi) is 6.01. The molecule has 1 atom stereocenters. The summed E-state index contributed by atoms with van der Waals surface area (Å²) in [7, 11) is 1.57. The van der Waals surface area contributed by atoms with Crippen LogP contribution in [0.2, 0.25) is 0 Å². The van der Waals surface area contributed by atoms with Crippen molar-refractivity contribution in [1.82, 2.24) is 15.1 Å². The molecule has 8 heteroatoms. The third-order valence-electron chi connectivity index (χ3n) is 6.43. The number of benzene rings is 3. The fraction of sp³-hybridized carbons (Fsp3) is 0.179. The van der Waals surface area contributed by atoms with Gasteiger partial charge in [0, 0.05) is 23.4 Å². The number of hydrogen-bond donors (Lipinski definition) is 1. The van der Waals surface area contributed by atoms with Crippen LogP contribution in [0.5, 0.6) is 5.75 Å². The van der Waals surface area contributed by atoms with E-state index < -0.39 is 17.3 Å². The molecule has 0 aliphatic carbocycles. The molecule has 3 aromatic carbocycles. The average Bonchev–Trinajstić information content (AvgIpc) is 3.33. The zero-order valence-corrected chi connectivity index (χ0v) is 19.9. The Morgan fingerprint density at radius 3 is 2.47 bits per heavy atom. The van der Waals surface area contributed by atoms with Gasteiger partial charge in [-0.25, -0.2) is 4.39 Å². The highest BCUT2D eigenvalue weighted by Crippen LogP contribution is 2.34. The third kappa shape index (κ3) is 4.11. The highest BCUT2D eigenvalue weighted by atomic mass is 19.1. The summed E-state index contributed by atoms with van der Waals surface area (Å²) in [6.07, 6.45) is 0. The van der Waals surface area contributed by atoms with Gasteiger partial charge in [-0.3, -0.25) is 19.2 Å². The van der Waals surface area contributed by atoms with E-state index in [2.05, 4.69) is 10.4 Å². The predicted molar refractivity (Wildman–Crippen MR) is 134 cm³/mol. The summed E-state index contributed by atoms with van der Waals surface area (Å²) in [6, 6.07) is 24.2. The standard InChI is InChI=1S/C28H25FN4O3/c1-28(27(35)30-17-20-10-6-7-11-25(20)36-2)18-32-24(16-23(31-32)19-8-4-3-5-9-19)26(34)33(28)22-14-12-21(29)13-15-22/h3-16H,17-18H2,1-2H3,(H,30,35). The normalized spacial score (nSPS) is 17.0. The van der Waals surface area contributed by atoms with E-state index in [1.54, 1.807) is 24.8 Å². The molecule has 182 valence electrons. The van der Waals surface area contributed by atoms with Crippen LogP contribution in [0.4, 0.5) is 10.1 Å². The second-order valence-corrected chi connectivity index (χ2v) is 8.82. The van der Waals surface area contributed by atoms with Gasteiger partial charge in [-0.05, 0) is 43.3 Å². The van der Waals surface area contributed by atoms with Crippen molar-refractivity contribution < 1.29 is 18.7 Å². The Morgan fingerprint density at radius 2 is 1.75 bits per heavy atom. The zero-order valence-electron chi connectivity index (χ0n) is 19.9. The fourth-order valence-corrected chi connectivity index (χ4v) is 4.54. The van der Waals surface area contributed by atoms with Crippen molar-refractivity contribution in [2.75, 3.05) is 12.0 Å². The van der Waals surface area contributed by atoms with Gasteiger partial charge >= 0.3 is 0 Å². The summed E-state index contributed by atoms with van der Waals surface area (Å²) in [5, 5.41) is 7.60. The molecule has 0 radical (unpaired) electrons. The van der Waals surface area contributed by atoms with E-state index in [1.165, 1.54) is 29.2 Å². The minimum absolute atomic E-state index is 0.121. The molecule has 4 aromatic rings. The molecule has 0 fully saturated rings. The van der Waals surface area contributed by atoms with Gasteiger partial charge in [0.2, 0.25) is 5.91 Å². The molecule has 0 spiro atoms. The van der Waals surface area contributed by atoms with Crippen LogP contribution < -0.4 is 15.0 Å². The lowest BCUT2D eigenvalue weighted by Gasteiger charge is -2.43. The van der Waals surface area contributed by atoms with Crippen molar-refractivity contribution >= 4 is 17.5 Å². The number of carbonyl (C=O) groups is 2. The Labute approximate surface area is 208 Å². The van der Waals surface area contributed by atoms with Crippen LogP contribution >= 0.6 is 0 Å². The van der Waals surface area contributed by atoms with Crippen molar-refractivity contribution in [3.8, 4) is 17.0 Å². The number of methoxy groups -OCH3 is 1. The van der Waals surface area contributed by atoms with Crippen molar-refractivity contribution in [2.24, 2.45) is 0 Å². The maximum atomic E-state index is 13.8. The monoisotopic (exact) mass is 484 g/mol. The molecule has 1 aliphatic heterocycles. The lowest BCUT2D eigenvalue weighted by atomic mass is 9.93. The molecule has 5 rings (SSSR count). The molecule has 1 N–H and O–H groups in total. The number of carbonyl (C=O) groups excluding carboxylic acids is 2. The maximum Gasteiger partial charge on any atom is 0.277 e. The molecule has 7 nitrogen and oxygen atoms in total. The third-order valence-corrected chi connectivity index (χ3v) is 6.43.